The molecule has 0 atom stereocenters. The van der Waals surface area contributed by atoms with Crippen LogP contribution in [0, 0.1) is 0 Å². The van der Waals surface area contributed by atoms with E-state index in [0.717, 1.165) is 11.1 Å². The van der Waals surface area contributed by atoms with Crippen LogP contribution in [0.15, 0.2) is 36.4 Å². The fourth-order valence-corrected chi connectivity index (χ4v) is 1.24. The largest absolute Gasteiger partial charge is 0.366 e. The summed E-state index contributed by atoms with van der Waals surface area (Å²) in [6.07, 6.45) is 0.707. The summed E-state index contributed by atoms with van der Waals surface area (Å²) in [7, 11) is 0. The summed E-state index contributed by atoms with van der Waals surface area (Å²) in [6.45, 7) is 5.73. The molecule has 0 spiro atoms. The molecular weight excluding hydrogens is 162 g/mol. The number of nitrogens with two attached hydrogens (primary N) is 1. The SMILES string of the molecule is C=C(C)Cc1ccccc1C(N)=O. The first-order valence-electron chi connectivity index (χ1n) is 4.13. The summed E-state index contributed by atoms with van der Waals surface area (Å²) < 4.78 is 0. The highest BCUT2D eigenvalue weighted by Gasteiger charge is 2.05. The molecule has 0 fully saturated rings. The predicted molar refractivity (Wildman–Crippen MR) is 53.5 cm³/mol. The van der Waals surface area contributed by atoms with Gasteiger partial charge in [0.15, 0.2) is 0 Å². The molecule has 2 N–H and O–H groups in total. The first-order valence-corrected chi connectivity index (χ1v) is 4.13. The zero-order chi connectivity index (χ0) is 9.84. The molecule has 0 aromatic heterocycles. The summed E-state index contributed by atoms with van der Waals surface area (Å²) in [5.41, 5.74) is 7.78. The smallest absolute Gasteiger partial charge is 0.248 e. The van der Waals surface area contributed by atoms with Gasteiger partial charge in [0.1, 0.15) is 0 Å². The summed E-state index contributed by atoms with van der Waals surface area (Å²) in [4.78, 5) is 11.0. The lowest BCUT2D eigenvalue weighted by Gasteiger charge is -2.05. The van der Waals surface area contributed by atoms with E-state index in [2.05, 4.69) is 6.58 Å². The monoisotopic (exact) mass is 175 g/mol. The molecular formula is C11H13NO. The van der Waals surface area contributed by atoms with Gasteiger partial charge < -0.3 is 5.73 Å². The highest BCUT2D eigenvalue weighted by molar-refractivity contribution is 5.94. The molecule has 0 aliphatic heterocycles. The lowest BCUT2D eigenvalue weighted by Crippen LogP contribution is -2.13. The van der Waals surface area contributed by atoms with E-state index >= 15 is 0 Å². The van der Waals surface area contributed by atoms with Crippen molar-refractivity contribution in [2.24, 2.45) is 5.73 Å². The van der Waals surface area contributed by atoms with Crippen molar-refractivity contribution in [3.8, 4) is 0 Å². The third-order valence-electron chi connectivity index (χ3n) is 1.78. The molecule has 0 saturated carbocycles. The second-order valence-electron chi connectivity index (χ2n) is 3.16. The maximum absolute atomic E-state index is 11.0. The van der Waals surface area contributed by atoms with Gasteiger partial charge in [-0.05, 0) is 25.0 Å². The Kier molecular flexibility index (Phi) is 2.85. The van der Waals surface area contributed by atoms with Gasteiger partial charge in [0.2, 0.25) is 5.91 Å². The highest BCUT2D eigenvalue weighted by atomic mass is 16.1. The fraction of sp³-hybridized carbons (Fsp3) is 0.182. The van der Waals surface area contributed by atoms with Crippen LogP contribution in [-0.2, 0) is 6.42 Å². The third-order valence-corrected chi connectivity index (χ3v) is 1.78. The van der Waals surface area contributed by atoms with Gasteiger partial charge in [0, 0.05) is 5.56 Å². The van der Waals surface area contributed by atoms with Crippen LogP contribution in [0.1, 0.15) is 22.8 Å². The molecule has 0 aliphatic rings. The van der Waals surface area contributed by atoms with Crippen LogP contribution in [0.2, 0.25) is 0 Å². The molecule has 0 radical (unpaired) electrons. The topological polar surface area (TPSA) is 43.1 Å². The van der Waals surface area contributed by atoms with Gasteiger partial charge in [-0.2, -0.15) is 0 Å². The van der Waals surface area contributed by atoms with E-state index in [1.807, 2.05) is 25.1 Å². The lowest BCUT2D eigenvalue weighted by atomic mass is 10.0. The van der Waals surface area contributed by atoms with Crippen molar-refractivity contribution in [2.75, 3.05) is 0 Å². The number of carbonyl (C=O) groups is 1. The van der Waals surface area contributed by atoms with E-state index < -0.39 is 0 Å². The van der Waals surface area contributed by atoms with Crippen LogP contribution in [0.25, 0.3) is 0 Å². The maximum atomic E-state index is 11.0. The van der Waals surface area contributed by atoms with Gasteiger partial charge in [-0.15, -0.1) is 0 Å². The minimum atomic E-state index is -0.378. The standard InChI is InChI=1S/C11H13NO/c1-8(2)7-9-5-3-4-6-10(9)11(12)13/h3-6H,1,7H2,2H3,(H2,12,13). The molecule has 1 amide bonds. The van der Waals surface area contributed by atoms with Crippen molar-refractivity contribution in [2.45, 2.75) is 13.3 Å². The third kappa shape index (κ3) is 2.44. The number of primary amides is 1. The Morgan fingerprint density at radius 3 is 2.62 bits per heavy atom. The van der Waals surface area contributed by atoms with Gasteiger partial charge in [-0.1, -0.05) is 30.4 Å². The molecule has 1 rings (SSSR count). The Labute approximate surface area is 78.1 Å². The molecule has 68 valence electrons. The van der Waals surface area contributed by atoms with Crippen molar-refractivity contribution in [3.63, 3.8) is 0 Å². The lowest BCUT2D eigenvalue weighted by molar-refractivity contribution is 0.0999. The van der Waals surface area contributed by atoms with Crippen LogP contribution >= 0.6 is 0 Å². The summed E-state index contributed by atoms with van der Waals surface area (Å²) in [5.74, 6) is -0.378. The average molecular weight is 175 g/mol. The molecule has 0 unspecified atom stereocenters. The molecule has 1 aromatic carbocycles. The molecule has 13 heavy (non-hydrogen) atoms. The number of benzene rings is 1. The van der Waals surface area contributed by atoms with E-state index in [1.54, 1.807) is 6.07 Å². The van der Waals surface area contributed by atoms with Crippen molar-refractivity contribution in [1.82, 2.24) is 0 Å². The van der Waals surface area contributed by atoms with Gasteiger partial charge >= 0.3 is 0 Å². The van der Waals surface area contributed by atoms with Crippen LogP contribution in [0.5, 0.6) is 0 Å². The van der Waals surface area contributed by atoms with Crippen molar-refractivity contribution in [1.29, 1.82) is 0 Å². The zero-order valence-electron chi connectivity index (χ0n) is 7.71. The van der Waals surface area contributed by atoms with Crippen LogP contribution in [-0.4, -0.2) is 5.91 Å². The van der Waals surface area contributed by atoms with E-state index in [1.165, 1.54) is 0 Å². The molecule has 1 aromatic rings. The van der Waals surface area contributed by atoms with E-state index in [0.29, 0.717) is 12.0 Å². The number of amides is 1. The number of hydrogen-bond acceptors (Lipinski definition) is 1. The predicted octanol–water partition coefficient (Wildman–Crippen LogP) is 1.90. The molecule has 0 heterocycles. The van der Waals surface area contributed by atoms with Gasteiger partial charge in [-0.25, -0.2) is 0 Å². The highest BCUT2D eigenvalue weighted by Crippen LogP contribution is 2.11. The quantitative estimate of drug-likeness (QED) is 0.700. The first-order chi connectivity index (χ1) is 6.11. The fourth-order valence-electron chi connectivity index (χ4n) is 1.24. The van der Waals surface area contributed by atoms with Crippen LogP contribution < -0.4 is 5.73 Å². The normalized spacial score (nSPS) is 9.62. The summed E-state index contributed by atoms with van der Waals surface area (Å²) in [6, 6.07) is 7.34. The minimum absolute atomic E-state index is 0.378. The number of allylic oxidation sites excluding steroid dienone is 1. The van der Waals surface area contributed by atoms with Crippen molar-refractivity contribution in [3.05, 3.63) is 47.5 Å². The van der Waals surface area contributed by atoms with E-state index in [4.69, 9.17) is 5.73 Å². The molecule has 0 bridgehead atoms. The van der Waals surface area contributed by atoms with Gasteiger partial charge in [-0.3, -0.25) is 4.79 Å². The van der Waals surface area contributed by atoms with Crippen LogP contribution in [0.4, 0.5) is 0 Å². The maximum Gasteiger partial charge on any atom is 0.248 e. The van der Waals surface area contributed by atoms with Gasteiger partial charge in [0.05, 0.1) is 0 Å². The Balaban J connectivity index is 3.04. The summed E-state index contributed by atoms with van der Waals surface area (Å²) >= 11 is 0. The zero-order valence-corrected chi connectivity index (χ0v) is 7.71. The van der Waals surface area contributed by atoms with Crippen molar-refractivity contribution >= 4 is 5.91 Å². The molecule has 0 aliphatic carbocycles. The Morgan fingerprint density at radius 1 is 1.46 bits per heavy atom. The second kappa shape index (κ2) is 3.90. The van der Waals surface area contributed by atoms with Crippen molar-refractivity contribution < 1.29 is 4.79 Å². The molecule has 0 saturated heterocycles. The Bertz CT molecular complexity index is 342. The second-order valence-corrected chi connectivity index (χ2v) is 3.16. The number of rotatable bonds is 3. The average Bonchev–Trinajstić information content (AvgIpc) is 2.03. The van der Waals surface area contributed by atoms with E-state index in [-0.39, 0.29) is 5.91 Å². The molecule has 2 heteroatoms. The van der Waals surface area contributed by atoms with Gasteiger partial charge in [0.25, 0.3) is 0 Å². The molecule has 2 nitrogen and oxygen atoms in total. The number of carbonyl (C=O) groups excluding carboxylic acids is 1. The first kappa shape index (κ1) is 9.52. The Morgan fingerprint density at radius 2 is 2.08 bits per heavy atom. The van der Waals surface area contributed by atoms with E-state index in [9.17, 15) is 4.79 Å². The Hall–Kier alpha value is -1.57. The summed E-state index contributed by atoms with van der Waals surface area (Å²) in [5, 5.41) is 0. The minimum Gasteiger partial charge on any atom is -0.366 e. The number of hydrogen-bond donors (Lipinski definition) is 1. The van der Waals surface area contributed by atoms with Crippen LogP contribution in [0.3, 0.4) is 0 Å².